The summed E-state index contributed by atoms with van der Waals surface area (Å²) in [7, 11) is 0. The summed E-state index contributed by atoms with van der Waals surface area (Å²) >= 11 is 1.02. The number of nitrogens with zero attached hydrogens (tertiary/aromatic N) is 4. The number of carboxylic acids is 4. The molecule has 0 fully saturated rings. The zero-order valence-electron chi connectivity index (χ0n) is 22.4. The fraction of sp³-hybridized carbons (Fsp3) is 0.577. The van der Waals surface area contributed by atoms with E-state index in [9.17, 15) is 39.6 Å². The van der Waals surface area contributed by atoms with Crippen molar-refractivity contribution in [2.75, 3.05) is 45.8 Å². The van der Waals surface area contributed by atoms with E-state index in [1.165, 1.54) is 4.90 Å². The largest absolute Gasteiger partial charge is 0.480 e. The Bertz CT molecular complexity index is 969. The third-order valence-corrected chi connectivity index (χ3v) is 6.80. The highest BCUT2D eigenvalue weighted by molar-refractivity contribution is 8.03. The molecule has 12 nitrogen and oxygen atoms in total. The van der Waals surface area contributed by atoms with Crippen molar-refractivity contribution in [3.05, 3.63) is 29.8 Å². The number of benzene rings is 1. The first-order valence-corrected chi connectivity index (χ1v) is 13.5. The van der Waals surface area contributed by atoms with Gasteiger partial charge in [0.15, 0.2) is 0 Å². The molecule has 0 amide bonds. The Morgan fingerprint density at radius 3 is 1.79 bits per heavy atom. The maximum Gasteiger partial charge on any atom is 0.317 e. The van der Waals surface area contributed by atoms with Crippen molar-refractivity contribution in [3.63, 3.8) is 0 Å². The van der Waals surface area contributed by atoms with Crippen LogP contribution in [0.1, 0.15) is 38.7 Å². The molecule has 4 N–H and O–H groups in total. The van der Waals surface area contributed by atoms with Gasteiger partial charge in [0.1, 0.15) is 5.40 Å². The van der Waals surface area contributed by atoms with Crippen LogP contribution in [0, 0.1) is 10.7 Å². The minimum atomic E-state index is -1.18. The number of unbranched alkanes of at least 4 members (excludes halogenated alkanes) is 1. The summed E-state index contributed by atoms with van der Waals surface area (Å²) in [5.41, 5.74) is 0.877. The lowest BCUT2D eigenvalue weighted by Crippen LogP contribution is -2.53. The third-order valence-electron chi connectivity index (χ3n) is 6.20. The van der Waals surface area contributed by atoms with Gasteiger partial charge in [0.05, 0.1) is 26.2 Å². The summed E-state index contributed by atoms with van der Waals surface area (Å²) < 4.78 is 0. The maximum atomic E-state index is 11.8. The Labute approximate surface area is 232 Å². The van der Waals surface area contributed by atoms with Gasteiger partial charge in [-0.1, -0.05) is 38.8 Å². The van der Waals surface area contributed by atoms with E-state index in [1.54, 1.807) is 21.9 Å². The van der Waals surface area contributed by atoms with Gasteiger partial charge in [-0.15, -0.1) is 0 Å². The number of nitriles is 1. The van der Waals surface area contributed by atoms with E-state index >= 15 is 0 Å². The van der Waals surface area contributed by atoms with Gasteiger partial charge in [0, 0.05) is 30.1 Å². The number of thioether (sulfide) groups is 1. The zero-order valence-corrected chi connectivity index (χ0v) is 23.2. The average Bonchev–Trinajstić information content (AvgIpc) is 2.84. The quantitative estimate of drug-likeness (QED) is 0.125. The highest BCUT2D eigenvalue weighted by atomic mass is 32.2. The van der Waals surface area contributed by atoms with Crippen LogP contribution in [0.15, 0.2) is 29.2 Å². The first-order valence-electron chi connectivity index (χ1n) is 12.7. The average molecular weight is 567 g/mol. The SMILES string of the molecule is CCCC[C@@H](CN(CC(=O)O)C[C@@H](Cc1ccc(SC#N)cc1)N(CC)CC(=O)O)N(CC(=O)O)CC(=O)O. The van der Waals surface area contributed by atoms with Gasteiger partial charge in [0.2, 0.25) is 0 Å². The fourth-order valence-electron chi connectivity index (χ4n) is 4.48. The molecular formula is C26H38N4O8S. The van der Waals surface area contributed by atoms with Gasteiger partial charge in [-0.3, -0.25) is 33.9 Å². The number of rotatable bonds is 21. The van der Waals surface area contributed by atoms with E-state index < -0.39 is 49.1 Å². The Balaban J connectivity index is 3.33. The summed E-state index contributed by atoms with van der Waals surface area (Å²) in [6.45, 7) is 2.79. The van der Waals surface area contributed by atoms with Gasteiger partial charge in [-0.2, -0.15) is 5.26 Å². The summed E-state index contributed by atoms with van der Waals surface area (Å²) in [4.78, 5) is 51.8. The number of carboxylic acid groups (broad SMARTS) is 4. The summed E-state index contributed by atoms with van der Waals surface area (Å²) in [5.74, 6) is -4.50. The first-order chi connectivity index (χ1) is 18.5. The maximum absolute atomic E-state index is 11.8. The lowest BCUT2D eigenvalue weighted by Gasteiger charge is -2.37. The van der Waals surface area contributed by atoms with Gasteiger partial charge in [-0.05, 0) is 48.8 Å². The topological polar surface area (TPSA) is 183 Å². The van der Waals surface area contributed by atoms with Crippen LogP contribution in [0.3, 0.4) is 0 Å². The highest BCUT2D eigenvalue weighted by Gasteiger charge is 2.29. The van der Waals surface area contributed by atoms with E-state index in [0.29, 0.717) is 25.8 Å². The van der Waals surface area contributed by atoms with Crippen LogP contribution in [0.2, 0.25) is 0 Å². The molecule has 0 aliphatic rings. The van der Waals surface area contributed by atoms with Crippen molar-refractivity contribution in [1.82, 2.24) is 14.7 Å². The van der Waals surface area contributed by atoms with E-state index in [4.69, 9.17) is 5.26 Å². The number of carbonyl (C=O) groups is 4. The molecule has 0 radical (unpaired) electrons. The molecule has 1 aromatic rings. The molecule has 13 heteroatoms. The summed E-state index contributed by atoms with van der Waals surface area (Å²) in [6.07, 6.45) is 2.36. The molecule has 0 bridgehead atoms. The van der Waals surface area contributed by atoms with Gasteiger partial charge in [-0.25, -0.2) is 0 Å². The monoisotopic (exact) mass is 566 g/mol. The van der Waals surface area contributed by atoms with Crippen molar-refractivity contribution in [2.45, 2.75) is 56.5 Å². The lowest BCUT2D eigenvalue weighted by atomic mass is 10.0. The van der Waals surface area contributed by atoms with Crippen LogP contribution in [0.25, 0.3) is 0 Å². The number of aliphatic carboxylic acids is 4. The van der Waals surface area contributed by atoms with Crippen LogP contribution < -0.4 is 0 Å². The molecular weight excluding hydrogens is 528 g/mol. The summed E-state index contributed by atoms with van der Waals surface area (Å²) in [6, 6.07) is 6.33. The van der Waals surface area contributed by atoms with Gasteiger partial charge >= 0.3 is 23.9 Å². The molecule has 0 aliphatic heterocycles. The molecule has 216 valence electrons. The predicted octanol–water partition coefficient (Wildman–Crippen LogP) is 1.99. The van der Waals surface area contributed by atoms with Crippen LogP contribution >= 0.6 is 11.8 Å². The second-order valence-corrected chi connectivity index (χ2v) is 10.1. The second-order valence-electron chi connectivity index (χ2n) is 9.23. The van der Waals surface area contributed by atoms with Crippen molar-refractivity contribution in [1.29, 1.82) is 5.26 Å². The van der Waals surface area contributed by atoms with Crippen LogP contribution in [0.5, 0.6) is 0 Å². The highest BCUT2D eigenvalue weighted by Crippen LogP contribution is 2.19. The fourth-order valence-corrected chi connectivity index (χ4v) is 4.86. The molecule has 1 rings (SSSR count). The van der Waals surface area contributed by atoms with Crippen molar-refractivity contribution >= 4 is 35.6 Å². The molecule has 0 spiro atoms. The predicted molar refractivity (Wildman–Crippen MR) is 145 cm³/mol. The van der Waals surface area contributed by atoms with E-state index in [-0.39, 0.29) is 26.2 Å². The number of likely N-dealkylation sites (N-methyl/N-ethyl adjacent to an activating group) is 1. The lowest BCUT2D eigenvalue weighted by molar-refractivity contribution is -0.144. The minimum absolute atomic E-state index is 0.103. The molecule has 0 saturated heterocycles. The third kappa shape index (κ3) is 14.0. The van der Waals surface area contributed by atoms with Crippen molar-refractivity contribution in [2.24, 2.45) is 0 Å². The molecule has 0 unspecified atom stereocenters. The van der Waals surface area contributed by atoms with E-state index in [0.717, 1.165) is 28.6 Å². The van der Waals surface area contributed by atoms with Gasteiger partial charge in [0.25, 0.3) is 0 Å². The molecule has 0 aromatic heterocycles. The molecule has 1 aromatic carbocycles. The number of thiocyanates is 1. The second kappa shape index (κ2) is 18.2. The van der Waals surface area contributed by atoms with Crippen molar-refractivity contribution < 1.29 is 39.6 Å². The Morgan fingerprint density at radius 2 is 1.33 bits per heavy atom. The molecule has 39 heavy (non-hydrogen) atoms. The van der Waals surface area contributed by atoms with Crippen LogP contribution in [0.4, 0.5) is 0 Å². The smallest absolute Gasteiger partial charge is 0.317 e. The first kappa shape index (κ1) is 33.8. The Hall–Kier alpha value is -3.18. The standard InChI is InChI=1S/C26H38N4O8S/c1-3-5-6-20(30(16-25(35)36)17-26(37)38)12-28(14-23(31)32)13-21(29(4-2)15-24(33)34)11-19-7-9-22(10-8-19)39-18-27/h7-10,20-21H,3-6,11-17H2,1-2H3,(H,31,32)(H,33,34)(H,35,36)(H,37,38)/t20-,21+/m0/s1. The molecule has 0 heterocycles. The Morgan fingerprint density at radius 1 is 0.821 bits per heavy atom. The van der Waals surface area contributed by atoms with Crippen LogP contribution in [-0.2, 0) is 25.6 Å². The van der Waals surface area contributed by atoms with Crippen molar-refractivity contribution in [3.8, 4) is 5.40 Å². The zero-order chi connectivity index (χ0) is 29.4. The van der Waals surface area contributed by atoms with E-state index in [1.807, 2.05) is 31.4 Å². The molecule has 2 atom stereocenters. The van der Waals surface area contributed by atoms with E-state index in [2.05, 4.69) is 0 Å². The molecule has 0 saturated carbocycles. The van der Waals surface area contributed by atoms with Crippen LogP contribution in [-0.4, -0.2) is 117 Å². The number of hydrogen-bond acceptors (Lipinski definition) is 9. The molecule has 0 aliphatic carbocycles. The Kier molecular flexibility index (Phi) is 15.8. The summed E-state index contributed by atoms with van der Waals surface area (Å²) in [5, 5.41) is 48.8. The minimum Gasteiger partial charge on any atom is -0.480 e. The normalized spacial score (nSPS) is 12.8. The van der Waals surface area contributed by atoms with Gasteiger partial charge < -0.3 is 20.4 Å². The number of hydrogen-bond donors (Lipinski definition) is 4.